The minimum absolute atomic E-state index is 0.0265. The van der Waals surface area contributed by atoms with Gasteiger partial charge in [-0.2, -0.15) is 21.0 Å². The van der Waals surface area contributed by atoms with Crippen molar-refractivity contribution in [2.45, 2.75) is 37.3 Å². The van der Waals surface area contributed by atoms with Gasteiger partial charge in [0, 0.05) is 53.7 Å². The number of rotatable bonds is 18. The number of thiophene rings is 5. The van der Waals surface area contributed by atoms with Gasteiger partial charge in [0.25, 0.3) is 0 Å². The van der Waals surface area contributed by atoms with Gasteiger partial charge in [-0.1, -0.05) is 121 Å². The molecule has 406 valence electrons. The van der Waals surface area contributed by atoms with Gasteiger partial charge in [-0.3, -0.25) is 19.2 Å². The van der Waals surface area contributed by atoms with Gasteiger partial charge in [0.2, 0.25) is 22.3 Å². The topological polar surface area (TPSA) is 244 Å². The third-order valence-corrected chi connectivity index (χ3v) is 19.5. The summed E-state index contributed by atoms with van der Waals surface area (Å²) in [6.45, 7) is -1.24. The fourth-order valence-corrected chi connectivity index (χ4v) is 16.3. The predicted octanol–water partition coefficient (Wildman–Crippen LogP) is 13.1. The Kier molecular flexibility index (Phi) is 15.5. The van der Waals surface area contributed by atoms with Crippen molar-refractivity contribution in [2.75, 3.05) is 14.2 Å². The monoisotopic (exact) mass is 1190 g/mol. The molecule has 0 radical (unpaired) electrons. The normalized spacial score (nSPS) is 12.9. The second-order valence-corrected chi connectivity index (χ2v) is 23.5. The van der Waals surface area contributed by atoms with E-state index in [4.69, 9.17) is 28.4 Å². The highest BCUT2D eigenvalue weighted by molar-refractivity contribution is 7.32. The van der Waals surface area contributed by atoms with Gasteiger partial charge in [0.1, 0.15) is 72.2 Å². The zero-order valence-electron chi connectivity index (χ0n) is 43.5. The minimum Gasteiger partial charge on any atom is -0.495 e. The van der Waals surface area contributed by atoms with Crippen molar-refractivity contribution in [1.82, 2.24) is 0 Å². The Balaban J connectivity index is 1.23. The summed E-state index contributed by atoms with van der Waals surface area (Å²) >= 11 is 5.57. The molecule has 2 aliphatic rings. The van der Waals surface area contributed by atoms with Crippen molar-refractivity contribution in [3.05, 3.63) is 189 Å². The molecule has 2 aliphatic carbocycles. The van der Waals surface area contributed by atoms with Crippen LogP contribution in [0.2, 0.25) is 0 Å². The number of methoxy groups -OCH3 is 2. The van der Waals surface area contributed by atoms with E-state index in [0.717, 1.165) is 45.3 Å². The molecule has 0 N–H and O–H groups in total. The highest BCUT2D eigenvalue weighted by Gasteiger charge is 2.72. The molecule has 5 heterocycles. The number of ether oxygens (including phenoxy) is 6. The van der Waals surface area contributed by atoms with Gasteiger partial charge >= 0.3 is 23.9 Å². The van der Waals surface area contributed by atoms with Crippen LogP contribution in [0.15, 0.2) is 156 Å². The molecule has 0 unspecified atom stereocenters. The summed E-state index contributed by atoms with van der Waals surface area (Å²) < 4.78 is 38.1. The maximum atomic E-state index is 16.4. The Labute approximate surface area is 493 Å². The lowest BCUT2D eigenvalue weighted by molar-refractivity contribution is -0.165. The van der Waals surface area contributed by atoms with Crippen molar-refractivity contribution in [2.24, 2.45) is 9.98 Å². The minimum atomic E-state index is -2.61. The molecule has 4 aromatic carbocycles. The maximum Gasteiger partial charge on any atom is 0.333 e. The first-order chi connectivity index (χ1) is 40.5. The van der Waals surface area contributed by atoms with E-state index in [9.17, 15) is 21.0 Å². The van der Waals surface area contributed by atoms with E-state index in [0.29, 0.717) is 61.9 Å². The molecule has 0 aliphatic heterocycles. The van der Waals surface area contributed by atoms with Crippen LogP contribution in [-0.4, -0.2) is 49.5 Å². The number of aliphatic imine (C=N–C) groups is 2. The van der Waals surface area contributed by atoms with Crippen LogP contribution in [0.4, 0.5) is 10.0 Å². The van der Waals surface area contributed by atoms with Gasteiger partial charge in [0.15, 0.2) is 0 Å². The zero-order chi connectivity index (χ0) is 57.8. The number of carbonyl (C=O) groups excluding carboxylic acids is 4. The van der Waals surface area contributed by atoms with Gasteiger partial charge in [0.05, 0.1) is 33.6 Å². The summed E-state index contributed by atoms with van der Waals surface area (Å²) in [6, 6.07) is 49.2. The van der Waals surface area contributed by atoms with Crippen LogP contribution >= 0.6 is 56.7 Å². The van der Waals surface area contributed by atoms with E-state index in [1.54, 1.807) is 158 Å². The molecular weight excluding hydrogens is 1150 g/mol. The van der Waals surface area contributed by atoms with E-state index >= 15 is 19.2 Å². The van der Waals surface area contributed by atoms with Crippen LogP contribution in [-0.2, 0) is 75.4 Å². The molecule has 0 saturated carbocycles. The molecule has 11 rings (SSSR count). The highest BCUT2D eigenvalue weighted by atomic mass is 32.1. The summed E-state index contributed by atoms with van der Waals surface area (Å²) in [5.74, 6) is -3.70. The number of hydrogen-bond donors (Lipinski definition) is 0. The zero-order valence-corrected chi connectivity index (χ0v) is 47.6. The standard InChI is InChI=1S/C62H38N6O10S5/c1-73-42-24-47(67-39(27-63)28-64)82-53(42)44-23-41-52(79-44)49-50(61(41,57(69)75-31-35-15-7-3-8-16-35)58(70)76-32-36-17-9-4-10-18-36)56-51(55-46(81-56)26-45(80-55)54-43(74-2)25-48(83-54)68-40(29-65)30-66)62(49,59(71)77-33-37-19-11-5-12-20-37)60(72)78-34-38-21-13-6-14-22-38/h3-26H,31-34H2,1-2H3. The van der Waals surface area contributed by atoms with Crippen molar-refractivity contribution in [3.63, 3.8) is 0 Å². The van der Waals surface area contributed by atoms with Crippen molar-refractivity contribution < 1.29 is 47.6 Å². The molecule has 0 spiro atoms. The molecule has 0 saturated heterocycles. The first-order valence-electron chi connectivity index (χ1n) is 25.0. The number of carbonyl (C=O) groups is 4. The van der Waals surface area contributed by atoms with Crippen LogP contribution in [0, 0.1) is 45.3 Å². The summed E-state index contributed by atoms with van der Waals surface area (Å²) in [4.78, 5) is 75.8. The van der Waals surface area contributed by atoms with Crippen LogP contribution in [0.25, 0.3) is 40.1 Å². The molecule has 0 atom stereocenters. The molecule has 21 heteroatoms. The second kappa shape index (κ2) is 23.3. The first-order valence-corrected chi connectivity index (χ1v) is 29.0. The lowest BCUT2D eigenvalue weighted by atomic mass is 9.76. The maximum absolute atomic E-state index is 16.4. The SMILES string of the molecule is COc1cc(N=C(C#N)C#N)sc1-c1cc2c(s1)C1=C(c3sc4cc(-c5sc(N=C(C#N)C#N)cc5OC)sc4c3C1(C(=O)OCc1ccccc1)C(=O)OCc1ccccc1)C2(C(=O)OCc1ccccc1)C(=O)OCc1ccccc1. The molecule has 0 amide bonds. The number of esters is 4. The smallest absolute Gasteiger partial charge is 0.333 e. The molecule has 83 heavy (non-hydrogen) atoms. The van der Waals surface area contributed by atoms with E-state index in [2.05, 4.69) is 9.98 Å². The van der Waals surface area contributed by atoms with Crippen LogP contribution in [0.5, 0.6) is 11.5 Å². The van der Waals surface area contributed by atoms with Crippen LogP contribution < -0.4 is 9.47 Å². The Bertz CT molecular complexity index is 4190. The number of hydrogen-bond acceptors (Lipinski definition) is 21. The molecule has 9 aromatic rings. The third kappa shape index (κ3) is 9.82. The quantitative estimate of drug-likeness (QED) is 0.0336. The van der Waals surface area contributed by atoms with Gasteiger partial charge in [-0.05, 0) is 34.4 Å². The van der Waals surface area contributed by atoms with Crippen molar-refractivity contribution >= 4 is 123 Å². The summed E-state index contributed by atoms with van der Waals surface area (Å²) in [7, 11) is 2.88. The summed E-state index contributed by atoms with van der Waals surface area (Å²) in [5.41, 5.74) is -3.64. The number of fused-ring (bicyclic) bond motifs is 6. The van der Waals surface area contributed by atoms with Crippen LogP contribution in [0.1, 0.15) is 43.1 Å². The van der Waals surface area contributed by atoms with Crippen LogP contribution in [0.3, 0.4) is 0 Å². The number of nitrogens with zero attached hydrogens (tertiary/aromatic N) is 6. The Morgan fingerprint density at radius 3 is 1.20 bits per heavy atom. The van der Waals surface area contributed by atoms with Gasteiger partial charge < -0.3 is 28.4 Å². The fourth-order valence-electron chi connectivity index (χ4n) is 9.86. The highest BCUT2D eigenvalue weighted by Crippen LogP contribution is 2.70. The molecule has 5 aromatic heterocycles. The Morgan fingerprint density at radius 1 is 0.446 bits per heavy atom. The molecule has 0 bridgehead atoms. The van der Waals surface area contributed by atoms with E-state index < -0.39 is 40.4 Å². The first kappa shape index (κ1) is 55.1. The number of nitriles is 4. The molecule has 0 fully saturated rings. The van der Waals surface area contributed by atoms with Crippen molar-refractivity contribution in [3.8, 4) is 55.3 Å². The van der Waals surface area contributed by atoms with E-state index in [1.807, 2.05) is 6.07 Å². The van der Waals surface area contributed by atoms with E-state index in [-0.39, 0.29) is 74.9 Å². The van der Waals surface area contributed by atoms with E-state index in [1.165, 1.54) is 31.6 Å². The molecule has 16 nitrogen and oxygen atoms in total. The second-order valence-electron chi connectivity index (χ2n) is 18.3. The predicted molar refractivity (Wildman–Crippen MR) is 316 cm³/mol. The largest absolute Gasteiger partial charge is 0.495 e. The van der Waals surface area contributed by atoms with Crippen molar-refractivity contribution in [1.29, 1.82) is 21.0 Å². The summed E-state index contributed by atoms with van der Waals surface area (Å²) in [6.07, 6.45) is 0. The third-order valence-electron chi connectivity index (χ3n) is 13.5. The lowest BCUT2D eigenvalue weighted by Gasteiger charge is -2.29. The Hall–Kier alpha value is -9.84. The molecular formula is C62H38N6O10S5. The average Bonchev–Trinajstić information content (AvgIpc) is 1.98. The van der Waals surface area contributed by atoms with Gasteiger partial charge in [-0.25, -0.2) is 9.98 Å². The van der Waals surface area contributed by atoms with Gasteiger partial charge in [-0.15, -0.1) is 56.7 Å². The Morgan fingerprint density at radius 2 is 0.819 bits per heavy atom. The summed E-state index contributed by atoms with van der Waals surface area (Å²) in [5, 5.41) is 39.0. The number of benzene rings is 4. The average molecular weight is 1190 g/mol. The lowest BCUT2D eigenvalue weighted by Crippen LogP contribution is -2.45. The fraction of sp³-hybridized carbons (Fsp3) is 0.129.